The van der Waals surface area contributed by atoms with Crippen molar-refractivity contribution in [3.8, 4) is 11.1 Å². The van der Waals surface area contributed by atoms with Crippen LogP contribution in [0.1, 0.15) is 31.1 Å². The van der Waals surface area contributed by atoms with Crippen LogP contribution in [0.2, 0.25) is 5.02 Å². The number of halogens is 2. The lowest BCUT2D eigenvalue weighted by Crippen LogP contribution is -2.39. The van der Waals surface area contributed by atoms with Gasteiger partial charge in [0.1, 0.15) is 24.6 Å². The first-order chi connectivity index (χ1) is 17.7. The normalized spacial score (nSPS) is 16.6. The van der Waals surface area contributed by atoms with Crippen LogP contribution in [0.4, 0.5) is 26.6 Å². The Morgan fingerprint density at radius 3 is 2.78 bits per heavy atom. The first kappa shape index (κ1) is 26.0. The first-order valence-corrected chi connectivity index (χ1v) is 11.9. The van der Waals surface area contributed by atoms with Gasteiger partial charge >= 0.3 is 6.09 Å². The Labute approximate surface area is 218 Å². The van der Waals surface area contributed by atoms with Gasteiger partial charge in [-0.1, -0.05) is 18.2 Å². The summed E-state index contributed by atoms with van der Waals surface area (Å²) in [5, 5.41) is 6.37. The number of amides is 2. The highest BCUT2D eigenvalue weighted by atomic mass is 35.5. The molecule has 0 bridgehead atoms. The first-order valence-electron chi connectivity index (χ1n) is 11.6. The van der Waals surface area contributed by atoms with Crippen LogP contribution in [0.15, 0.2) is 55.4 Å². The van der Waals surface area contributed by atoms with E-state index in [9.17, 15) is 14.0 Å². The van der Waals surface area contributed by atoms with Crippen molar-refractivity contribution in [3.63, 3.8) is 0 Å². The molecule has 9 nitrogen and oxygen atoms in total. The van der Waals surface area contributed by atoms with Gasteiger partial charge in [0.15, 0.2) is 0 Å². The minimum absolute atomic E-state index is 0.0377. The molecule has 1 aromatic carbocycles. The second-order valence-electron chi connectivity index (χ2n) is 8.64. The van der Waals surface area contributed by atoms with Crippen molar-refractivity contribution in [1.82, 2.24) is 15.0 Å². The Balaban J connectivity index is 1.53. The topological polar surface area (TPSA) is 109 Å². The lowest BCUT2D eigenvalue weighted by atomic mass is 10.0. The quantitative estimate of drug-likeness (QED) is 0.375. The Morgan fingerprint density at radius 1 is 1.30 bits per heavy atom. The summed E-state index contributed by atoms with van der Waals surface area (Å²) in [5.41, 5.74) is 3.87. The highest BCUT2D eigenvalue weighted by Crippen LogP contribution is 2.31. The highest BCUT2D eigenvalue weighted by molar-refractivity contribution is 6.31. The van der Waals surface area contributed by atoms with Crippen LogP contribution >= 0.6 is 11.6 Å². The summed E-state index contributed by atoms with van der Waals surface area (Å²) in [7, 11) is 0. The van der Waals surface area contributed by atoms with Crippen molar-refractivity contribution in [2.24, 2.45) is 0 Å². The van der Waals surface area contributed by atoms with E-state index in [1.165, 1.54) is 30.2 Å². The van der Waals surface area contributed by atoms with Crippen molar-refractivity contribution in [2.75, 3.05) is 22.1 Å². The number of pyridine rings is 1. The zero-order valence-corrected chi connectivity index (χ0v) is 21.3. The van der Waals surface area contributed by atoms with Crippen molar-refractivity contribution >= 4 is 41.1 Å². The van der Waals surface area contributed by atoms with Gasteiger partial charge in [-0.15, -0.1) is 0 Å². The van der Waals surface area contributed by atoms with E-state index < -0.39 is 18.3 Å². The molecular formula is C26H26ClFN6O3. The summed E-state index contributed by atoms with van der Waals surface area (Å²) in [6.07, 6.45) is 2.49. The summed E-state index contributed by atoms with van der Waals surface area (Å²) < 4.78 is 19.0. The van der Waals surface area contributed by atoms with Crippen LogP contribution in [0.25, 0.3) is 11.1 Å². The molecule has 1 fully saturated rings. The van der Waals surface area contributed by atoms with Gasteiger partial charge in [0.25, 0.3) is 0 Å². The fourth-order valence-electron chi connectivity index (χ4n) is 3.99. The Kier molecular flexibility index (Phi) is 7.68. The molecule has 0 radical (unpaired) electrons. The van der Waals surface area contributed by atoms with Crippen LogP contribution in [0.3, 0.4) is 0 Å². The van der Waals surface area contributed by atoms with E-state index >= 15 is 0 Å². The molecule has 2 N–H and O–H groups in total. The van der Waals surface area contributed by atoms with Gasteiger partial charge in [-0.3, -0.25) is 14.7 Å². The molecule has 37 heavy (non-hydrogen) atoms. The number of ether oxygens (including phenoxy) is 1. The second-order valence-corrected chi connectivity index (χ2v) is 9.08. The van der Waals surface area contributed by atoms with Crippen LogP contribution in [-0.2, 0) is 9.53 Å². The predicted molar refractivity (Wildman–Crippen MR) is 141 cm³/mol. The lowest BCUT2D eigenvalue weighted by Gasteiger charge is -2.22. The third-order valence-corrected chi connectivity index (χ3v) is 6.12. The maximum atomic E-state index is 14.0. The Bertz CT molecular complexity index is 1350. The summed E-state index contributed by atoms with van der Waals surface area (Å²) in [6.45, 7) is 8.65. The average Bonchev–Trinajstić information content (AvgIpc) is 3.25. The molecule has 1 aliphatic rings. The number of hydrogen-bond donors (Lipinski definition) is 2. The van der Waals surface area contributed by atoms with Gasteiger partial charge in [-0.2, -0.15) is 4.98 Å². The van der Waals surface area contributed by atoms with Crippen LogP contribution in [0.5, 0.6) is 0 Å². The number of nitrogens with zero attached hydrogens (tertiary/aromatic N) is 4. The summed E-state index contributed by atoms with van der Waals surface area (Å²) in [4.78, 5) is 38.3. The van der Waals surface area contributed by atoms with Gasteiger partial charge in [0, 0.05) is 28.7 Å². The fraction of sp³-hybridized carbons (Fsp3) is 0.269. The fourth-order valence-corrected chi connectivity index (χ4v) is 4.22. The minimum Gasteiger partial charge on any atom is -0.447 e. The Hall–Kier alpha value is -4.05. The number of alkyl halides is 1. The summed E-state index contributed by atoms with van der Waals surface area (Å²) in [5.74, 6) is 0.179. The molecule has 11 heteroatoms. The standard InChI is InChI=1S/C26H26ClFN6O3/c1-5-24(35)32-19-10-17(9-18(27)11-19)20-12-30-21(8-14(20)2)16(4)31-25-29-7-6-23(33-25)34-22(15(3)28)13-37-26(34)36/h5-12,15-16,22H,1,13H2,2-4H3,(H,32,35)(H,29,31,33)/t15-,16-,22+/m0/s1. The SMILES string of the molecule is C=CC(=O)Nc1cc(Cl)cc(-c2cnc([C@H](C)Nc3nccc(N4C(=O)OC[C@@H]4[C@H](C)F)n3)cc2C)c1. The molecule has 2 aromatic heterocycles. The second kappa shape index (κ2) is 10.9. The van der Waals surface area contributed by atoms with E-state index in [0.717, 1.165) is 22.4 Å². The molecule has 1 aliphatic heterocycles. The molecule has 1 saturated heterocycles. The molecule has 3 aromatic rings. The van der Waals surface area contributed by atoms with Crippen molar-refractivity contribution in [2.45, 2.75) is 39.0 Å². The number of carbonyl (C=O) groups is 2. The zero-order chi connectivity index (χ0) is 26.7. The number of carbonyl (C=O) groups excluding carboxylic acids is 2. The molecule has 0 aliphatic carbocycles. The van der Waals surface area contributed by atoms with E-state index in [1.807, 2.05) is 26.0 Å². The number of nitrogens with one attached hydrogen (secondary N) is 2. The van der Waals surface area contributed by atoms with E-state index in [4.69, 9.17) is 16.3 Å². The van der Waals surface area contributed by atoms with E-state index in [-0.39, 0.29) is 30.3 Å². The van der Waals surface area contributed by atoms with Gasteiger partial charge in [-0.05, 0) is 68.3 Å². The van der Waals surface area contributed by atoms with E-state index in [2.05, 4.69) is 32.2 Å². The molecule has 192 valence electrons. The number of benzene rings is 1. The minimum atomic E-state index is -1.28. The van der Waals surface area contributed by atoms with Crippen molar-refractivity contribution < 1.29 is 18.7 Å². The third-order valence-electron chi connectivity index (χ3n) is 5.91. The molecule has 0 saturated carbocycles. The smallest absolute Gasteiger partial charge is 0.416 e. The molecule has 0 spiro atoms. The molecule has 3 heterocycles. The Morgan fingerprint density at radius 2 is 2.08 bits per heavy atom. The molecule has 0 unspecified atom stereocenters. The monoisotopic (exact) mass is 524 g/mol. The van der Waals surface area contributed by atoms with Gasteiger partial charge in [0.05, 0.1) is 11.7 Å². The van der Waals surface area contributed by atoms with Crippen LogP contribution < -0.4 is 15.5 Å². The number of cyclic esters (lactones) is 1. The van der Waals surface area contributed by atoms with Gasteiger partial charge < -0.3 is 15.4 Å². The van der Waals surface area contributed by atoms with E-state index in [1.54, 1.807) is 18.3 Å². The van der Waals surface area contributed by atoms with Gasteiger partial charge in [0.2, 0.25) is 11.9 Å². The predicted octanol–water partition coefficient (Wildman–Crippen LogP) is 5.48. The molecule has 3 atom stereocenters. The average molecular weight is 525 g/mol. The largest absolute Gasteiger partial charge is 0.447 e. The lowest BCUT2D eigenvalue weighted by molar-refractivity contribution is -0.111. The zero-order valence-electron chi connectivity index (χ0n) is 20.5. The van der Waals surface area contributed by atoms with Crippen LogP contribution in [-0.4, -0.2) is 45.8 Å². The molecule has 2 amide bonds. The number of anilines is 3. The van der Waals surface area contributed by atoms with Crippen molar-refractivity contribution in [1.29, 1.82) is 0 Å². The van der Waals surface area contributed by atoms with Gasteiger partial charge in [-0.25, -0.2) is 14.2 Å². The number of rotatable bonds is 8. The third kappa shape index (κ3) is 5.86. The van der Waals surface area contributed by atoms with Crippen molar-refractivity contribution in [3.05, 3.63) is 71.7 Å². The molecular weight excluding hydrogens is 499 g/mol. The molecule has 4 rings (SSSR count). The number of aromatic nitrogens is 3. The van der Waals surface area contributed by atoms with Crippen LogP contribution in [0, 0.1) is 6.92 Å². The summed E-state index contributed by atoms with van der Waals surface area (Å²) in [6, 6.07) is 7.69. The highest BCUT2D eigenvalue weighted by Gasteiger charge is 2.39. The number of aryl methyl sites for hydroxylation is 1. The maximum absolute atomic E-state index is 14.0. The summed E-state index contributed by atoms with van der Waals surface area (Å²) >= 11 is 6.27. The maximum Gasteiger partial charge on any atom is 0.416 e. The number of hydrogen-bond acceptors (Lipinski definition) is 7. The van der Waals surface area contributed by atoms with E-state index in [0.29, 0.717) is 10.7 Å².